The lowest BCUT2D eigenvalue weighted by atomic mass is 10.0. The van der Waals surface area contributed by atoms with Crippen LogP contribution in [-0.2, 0) is 4.79 Å². The molecule has 6 nitrogen and oxygen atoms in total. The first-order chi connectivity index (χ1) is 15.1. The summed E-state index contributed by atoms with van der Waals surface area (Å²) in [5.74, 6) is 0.718. The van der Waals surface area contributed by atoms with Crippen LogP contribution in [0, 0.1) is 5.92 Å². The van der Waals surface area contributed by atoms with Crippen LogP contribution in [0.25, 0.3) is 10.8 Å². The third-order valence-corrected chi connectivity index (χ3v) is 7.26. The summed E-state index contributed by atoms with van der Waals surface area (Å²) in [6.07, 6.45) is 4.10. The van der Waals surface area contributed by atoms with E-state index in [0.717, 1.165) is 54.3 Å². The molecular weight excluding hydrogens is 388 g/mol. The molecule has 0 spiro atoms. The van der Waals surface area contributed by atoms with Crippen LogP contribution in [0.15, 0.2) is 42.6 Å². The molecule has 3 fully saturated rings. The van der Waals surface area contributed by atoms with Gasteiger partial charge in [0.1, 0.15) is 6.04 Å². The molecule has 6 rings (SSSR count). The summed E-state index contributed by atoms with van der Waals surface area (Å²) in [7, 11) is 0. The number of benzene rings is 2. The molecule has 0 bridgehead atoms. The van der Waals surface area contributed by atoms with Gasteiger partial charge in [0.05, 0.1) is 11.3 Å². The molecule has 1 N–H and O–H groups in total. The van der Waals surface area contributed by atoms with Gasteiger partial charge in [0.15, 0.2) is 0 Å². The fourth-order valence-electron chi connectivity index (χ4n) is 5.42. The van der Waals surface area contributed by atoms with Crippen LogP contribution in [0.2, 0.25) is 0 Å². The van der Waals surface area contributed by atoms with Crippen molar-refractivity contribution >= 4 is 34.0 Å². The highest BCUT2D eigenvalue weighted by Crippen LogP contribution is 2.43. The molecule has 2 aromatic rings. The number of carbonyl (C=O) groups is 2. The molecule has 3 heterocycles. The standard InChI is InChI=1S/C25H28N4O2/c1-16-5-9-22(24(30)26-16)29-21-4-2-3-18-20(10-8-19(23(18)21)25(29)31)28-13-11-27(12-14-28)15-17-6-7-17/h2-4,8,10,17,22H,1,5-7,9,11-15H2,(H,26,30). The van der Waals surface area contributed by atoms with E-state index in [9.17, 15) is 9.59 Å². The van der Waals surface area contributed by atoms with Crippen molar-refractivity contribution < 1.29 is 9.59 Å². The first-order valence-electron chi connectivity index (χ1n) is 11.5. The van der Waals surface area contributed by atoms with E-state index in [-0.39, 0.29) is 11.8 Å². The lowest BCUT2D eigenvalue weighted by molar-refractivity contribution is -0.122. The monoisotopic (exact) mass is 416 g/mol. The zero-order valence-electron chi connectivity index (χ0n) is 17.8. The molecular formula is C25H28N4O2. The summed E-state index contributed by atoms with van der Waals surface area (Å²) in [5.41, 5.74) is 3.49. The summed E-state index contributed by atoms with van der Waals surface area (Å²) < 4.78 is 0. The Kier molecular flexibility index (Phi) is 4.32. The quantitative estimate of drug-likeness (QED) is 0.832. The van der Waals surface area contributed by atoms with Crippen LogP contribution in [0.1, 0.15) is 36.0 Å². The molecule has 4 aliphatic rings. The number of nitrogens with one attached hydrogen (secondary N) is 1. The number of allylic oxidation sites excluding steroid dienone is 1. The maximum Gasteiger partial charge on any atom is 0.259 e. The van der Waals surface area contributed by atoms with Gasteiger partial charge in [-0.05, 0) is 49.8 Å². The number of carbonyl (C=O) groups excluding carboxylic acids is 2. The van der Waals surface area contributed by atoms with Gasteiger partial charge in [-0.15, -0.1) is 0 Å². The fraction of sp³-hybridized carbons (Fsp3) is 0.440. The highest BCUT2D eigenvalue weighted by atomic mass is 16.2. The first-order valence-corrected chi connectivity index (χ1v) is 11.5. The van der Waals surface area contributed by atoms with E-state index >= 15 is 0 Å². The van der Waals surface area contributed by atoms with Gasteiger partial charge >= 0.3 is 0 Å². The second-order valence-electron chi connectivity index (χ2n) is 9.39. The van der Waals surface area contributed by atoms with Gasteiger partial charge in [0.25, 0.3) is 5.91 Å². The smallest absolute Gasteiger partial charge is 0.259 e. The number of piperidine rings is 1. The van der Waals surface area contributed by atoms with Crippen molar-refractivity contribution in [3.05, 3.63) is 48.2 Å². The van der Waals surface area contributed by atoms with E-state index in [2.05, 4.69) is 33.8 Å². The van der Waals surface area contributed by atoms with Crippen LogP contribution in [0.3, 0.4) is 0 Å². The van der Waals surface area contributed by atoms with Crippen LogP contribution in [0.4, 0.5) is 11.4 Å². The number of nitrogens with zero attached hydrogens (tertiary/aromatic N) is 3. The average molecular weight is 417 g/mol. The molecule has 1 aliphatic carbocycles. The summed E-state index contributed by atoms with van der Waals surface area (Å²) >= 11 is 0. The first kappa shape index (κ1) is 18.9. The second-order valence-corrected chi connectivity index (χ2v) is 9.39. The summed E-state index contributed by atoms with van der Waals surface area (Å²) in [6.45, 7) is 9.32. The number of hydrogen-bond donors (Lipinski definition) is 1. The van der Waals surface area contributed by atoms with Gasteiger partial charge in [-0.2, -0.15) is 0 Å². The minimum absolute atomic E-state index is 0.0698. The maximum atomic E-state index is 13.3. The normalized spacial score (nSPS) is 24.3. The largest absolute Gasteiger partial charge is 0.368 e. The molecule has 2 amide bonds. The van der Waals surface area contributed by atoms with Crippen molar-refractivity contribution in [1.29, 1.82) is 0 Å². The van der Waals surface area contributed by atoms with Crippen molar-refractivity contribution in [1.82, 2.24) is 10.2 Å². The Balaban J connectivity index is 1.33. The average Bonchev–Trinajstić information content (AvgIpc) is 3.54. The number of hydrogen-bond acceptors (Lipinski definition) is 4. The Morgan fingerprint density at radius 2 is 1.77 bits per heavy atom. The van der Waals surface area contributed by atoms with Gasteiger partial charge in [-0.1, -0.05) is 18.7 Å². The van der Waals surface area contributed by atoms with E-state index in [1.165, 1.54) is 25.1 Å². The Morgan fingerprint density at radius 1 is 0.968 bits per heavy atom. The SMILES string of the molecule is C=C1CCC(N2C(=O)c3ccc(N4CCN(CC5CC5)CC4)c4cccc2c34)C(=O)N1. The van der Waals surface area contributed by atoms with Gasteiger partial charge < -0.3 is 10.2 Å². The van der Waals surface area contributed by atoms with E-state index in [0.29, 0.717) is 18.4 Å². The van der Waals surface area contributed by atoms with E-state index < -0.39 is 6.04 Å². The molecule has 160 valence electrons. The van der Waals surface area contributed by atoms with Crippen molar-refractivity contribution in [2.24, 2.45) is 5.92 Å². The number of piperazine rings is 1. The van der Waals surface area contributed by atoms with E-state index in [1.807, 2.05) is 18.2 Å². The third kappa shape index (κ3) is 3.12. The van der Waals surface area contributed by atoms with Crippen LogP contribution < -0.4 is 15.1 Å². The fourth-order valence-corrected chi connectivity index (χ4v) is 5.42. The molecule has 0 aromatic heterocycles. The molecule has 1 saturated carbocycles. The summed E-state index contributed by atoms with van der Waals surface area (Å²) in [6, 6.07) is 9.69. The predicted molar refractivity (Wildman–Crippen MR) is 122 cm³/mol. The molecule has 0 radical (unpaired) electrons. The minimum Gasteiger partial charge on any atom is -0.368 e. The van der Waals surface area contributed by atoms with Gasteiger partial charge in [-0.25, -0.2) is 0 Å². The molecule has 1 unspecified atom stereocenters. The second kappa shape index (κ2) is 7.09. The molecule has 6 heteroatoms. The Bertz CT molecular complexity index is 1100. The topological polar surface area (TPSA) is 55.9 Å². The van der Waals surface area contributed by atoms with Gasteiger partial charge in [0.2, 0.25) is 5.91 Å². The van der Waals surface area contributed by atoms with Crippen molar-refractivity contribution in [3.8, 4) is 0 Å². The predicted octanol–water partition coefficient (Wildman–Crippen LogP) is 3.12. The number of rotatable bonds is 4. The van der Waals surface area contributed by atoms with Crippen molar-refractivity contribution in [2.75, 3.05) is 42.5 Å². The molecule has 31 heavy (non-hydrogen) atoms. The van der Waals surface area contributed by atoms with Crippen molar-refractivity contribution in [2.45, 2.75) is 31.7 Å². The molecule has 2 saturated heterocycles. The number of amides is 2. The molecule has 1 atom stereocenters. The summed E-state index contributed by atoms with van der Waals surface area (Å²) in [4.78, 5) is 32.8. The van der Waals surface area contributed by atoms with Crippen molar-refractivity contribution in [3.63, 3.8) is 0 Å². The lowest BCUT2D eigenvalue weighted by Crippen LogP contribution is -2.51. The summed E-state index contributed by atoms with van der Waals surface area (Å²) in [5, 5.41) is 4.93. The Labute approximate surface area is 182 Å². The zero-order chi connectivity index (χ0) is 21.1. The van der Waals surface area contributed by atoms with Gasteiger partial charge in [-0.3, -0.25) is 19.4 Å². The maximum absolute atomic E-state index is 13.3. The minimum atomic E-state index is -0.481. The Hall–Kier alpha value is -2.86. The third-order valence-electron chi connectivity index (χ3n) is 7.26. The number of anilines is 2. The zero-order valence-corrected chi connectivity index (χ0v) is 17.8. The lowest BCUT2D eigenvalue weighted by Gasteiger charge is -2.36. The van der Waals surface area contributed by atoms with Crippen LogP contribution in [-0.4, -0.2) is 55.5 Å². The Morgan fingerprint density at radius 3 is 2.52 bits per heavy atom. The van der Waals surface area contributed by atoms with E-state index in [1.54, 1.807) is 4.90 Å². The highest BCUT2D eigenvalue weighted by molar-refractivity contribution is 6.28. The van der Waals surface area contributed by atoms with Crippen LogP contribution in [0.5, 0.6) is 0 Å². The highest BCUT2D eigenvalue weighted by Gasteiger charge is 2.40. The van der Waals surface area contributed by atoms with Crippen LogP contribution >= 0.6 is 0 Å². The molecule has 3 aliphatic heterocycles. The van der Waals surface area contributed by atoms with Gasteiger partial charge in [0, 0.05) is 54.9 Å². The molecule has 2 aromatic carbocycles. The van der Waals surface area contributed by atoms with E-state index in [4.69, 9.17) is 0 Å².